The molecule has 2 heteroatoms. The Bertz CT molecular complexity index is 78.6. The van der Waals surface area contributed by atoms with Gasteiger partial charge in [0, 0.05) is 13.3 Å². The van der Waals surface area contributed by atoms with E-state index in [2.05, 4.69) is 34.8 Å². The fourth-order valence-corrected chi connectivity index (χ4v) is 0.551. The molecule has 1 nitrogen and oxygen atoms in total. The van der Waals surface area contributed by atoms with Crippen LogP contribution < -0.4 is 0 Å². The van der Waals surface area contributed by atoms with Crippen molar-refractivity contribution in [1.82, 2.24) is 0 Å². The van der Waals surface area contributed by atoms with Crippen molar-refractivity contribution in [2.24, 2.45) is 10.9 Å². The molecule has 0 aliphatic rings. The molecule has 1 unspecified atom stereocenters. The summed E-state index contributed by atoms with van der Waals surface area (Å²) < 4.78 is 0. The molecule has 8 heavy (non-hydrogen) atoms. The van der Waals surface area contributed by atoms with Gasteiger partial charge in [-0.3, -0.25) is 4.99 Å². The summed E-state index contributed by atoms with van der Waals surface area (Å²) in [5, 5.41) is 0. The normalized spacial score (nSPS) is 15.6. The molecule has 0 saturated heterocycles. The van der Waals surface area contributed by atoms with E-state index >= 15 is 0 Å². The van der Waals surface area contributed by atoms with E-state index in [0.717, 1.165) is 0 Å². The van der Waals surface area contributed by atoms with Crippen molar-refractivity contribution in [3.8, 4) is 0 Å². The quantitative estimate of drug-likeness (QED) is 0.453. The second kappa shape index (κ2) is 4.07. The fraction of sp³-hybridized carbons (Fsp3) is 0.833. The topological polar surface area (TPSA) is 12.4 Å². The van der Waals surface area contributed by atoms with Crippen LogP contribution in [0.2, 0.25) is 0 Å². The minimum absolute atomic E-state index is 0.437. The van der Waals surface area contributed by atoms with Crippen LogP contribution >= 0.6 is 15.9 Å². The zero-order chi connectivity index (χ0) is 6.57. The van der Waals surface area contributed by atoms with Crippen molar-refractivity contribution >= 4 is 22.1 Å². The van der Waals surface area contributed by atoms with Gasteiger partial charge in [-0.15, -0.1) is 0 Å². The molecule has 0 bridgehead atoms. The molecule has 0 N–H and O–H groups in total. The lowest BCUT2D eigenvalue weighted by molar-refractivity contribution is 0.710. The minimum atomic E-state index is 0.437. The first-order valence-electron chi connectivity index (χ1n) is 2.74. The van der Waals surface area contributed by atoms with Crippen LogP contribution in [0.1, 0.15) is 13.8 Å². The summed E-state index contributed by atoms with van der Waals surface area (Å²) in [5.74, 6) is 0.638. The van der Waals surface area contributed by atoms with Crippen LogP contribution in [-0.4, -0.2) is 18.1 Å². The molecule has 0 aromatic heterocycles. The highest BCUT2D eigenvalue weighted by Crippen LogP contribution is 2.08. The van der Waals surface area contributed by atoms with Gasteiger partial charge < -0.3 is 0 Å². The third-order valence-electron chi connectivity index (χ3n) is 0.928. The Kier molecular flexibility index (Phi) is 4.15. The number of halogens is 1. The van der Waals surface area contributed by atoms with Gasteiger partial charge >= 0.3 is 0 Å². The summed E-state index contributed by atoms with van der Waals surface area (Å²) in [6, 6.07) is 0. The van der Waals surface area contributed by atoms with Crippen LogP contribution in [0.25, 0.3) is 0 Å². The summed E-state index contributed by atoms with van der Waals surface area (Å²) in [6.07, 6.45) is 1.91. The second-order valence-electron chi connectivity index (χ2n) is 2.10. The largest absolute Gasteiger partial charge is 0.300 e. The molecule has 0 spiro atoms. The third-order valence-corrected chi connectivity index (χ3v) is 2.22. The van der Waals surface area contributed by atoms with E-state index in [4.69, 9.17) is 0 Å². The Morgan fingerprint density at radius 3 is 2.12 bits per heavy atom. The van der Waals surface area contributed by atoms with Gasteiger partial charge in [0.2, 0.25) is 0 Å². The summed E-state index contributed by atoms with van der Waals surface area (Å²) in [6.45, 7) is 4.31. The van der Waals surface area contributed by atoms with Crippen LogP contribution in [0.4, 0.5) is 0 Å². The van der Waals surface area contributed by atoms with E-state index in [1.807, 2.05) is 6.21 Å². The molecular formula is C6H12BrN. The van der Waals surface area contributed by atoms with Gasteiger partial charge in [-0.2, -0.15) is 0 Å². The van der Waals surface area contributed by atoms with Crippen molar-refractivity contribution < 1.29 is 0 Å². The molecule has 0 aromatic rings. The first-order valence-corrected chi connectivity index (χ1v) is 3.66. The second-order valence-corrected chi connectivity index (χ2v) is 3.15. The Morgan fingerprint density at radius 1 is 1.50 bits per heavy atom. The number of hydrogen-bond donors (Lipinski definition) is 0. The lowest BCUT2D eigenvalue weighted by Crippen LogP contribution is -2.07. The van der Waals surface area contributed by atoms with Crippen LogP contribution in [0, 0.1) is 5.92 Å². The van der Waals surface area contributed by atoms with Gasteiger partial charge in [0.25, 0.3) is 0 Å². The molecule has 0 aliphatic carbocycles. The lowest BCUT2D eigenvalue weighted by Gasteiger charge is -2.05. The lowest BCUT2D eigenvalue weighted by atomic mass is 10.1. The molecule has 0 aromatic carbocycles. The minimum Gasteiger partial charge on any atom is -0.300 e. The van der Waals surface area contributed by atoms with E-state index in [1.165, 1.54) is 0 Å². The standard InChI is InChI=1S/C6H12BrN/c1-5(2)6(7)4-8-3/h4-6H,1-3H3/b8-4-. The Hall–Kier alpha value is 0.150. The first-order chi connectivity index (χ1) is 3.68. The maximum atomic E-state index is 3.88. The Balaban J connectivity index is 3.47. The number of nitrogens with zero attached hydrogens (tertiary/aromatic N) is 1. The molecule has 0 saturated carbocycles. The van der Waals surface area contributed by atoms with Gasteiger partial charge in [-0.05, 0) is 5.92 Å². The monoisotopic (exact) mass is 177 g/mol. The average molecular weight is 178 g/mol. The predicted molar refractivity (Wildman–Crippen MR) is 42.0 cm³/mol. The van der Waals surface area contributed by atoms with Crippen molar-refractivity contribution in [3.63, 3.8) is 0 Å². The maximum Gasteiger partial charge on any atom is 0.0517 e. The van der Waals surface area contributed by atoms with Gasteiger partial charge in [0.15, 0.2) is 0 Å². The van der Waals surface area contributed by atoms with E-state index in [-0.39, 0.29) is 0 Å². The molecular weight excluding hydrogens is 166 g/mol. The van der Waals surface area contributed by atoms with Gasteiger partial charge in [-0.1, -0.05) is 29.8 Å². The number of rotatable bonds is 2. The van der Waals surface area contributed by atoms with Crippen molar-refractivity contribution in [2.75, 3.05) is 7.05 Å². The van der Waals surface area contributed by atoms with E-state index < -0.39 is 0 Å². The third kappa shape index (κ3) is 3.19. The highest BCUT2D eigenvalue weighted by Gasteiger charge is 2.02. The highest BCUT2D eigenvalue weighted by molar-refractivity contribution is 9.10. The summed E-state index contributed by atoms with van der Waals surface area (Å²) in [5.41, 5.74) is 0. The van der Waals surface area contributed by atoms with Gasteiger partial charge in [0.1, 0.15) is 0 Å². The Labute approximate surface area is 59.3 Å². The predicted octanol–water partition coefficient (Wildman–Crippen LogP) is 2.11. The maximum absolute atomic E-state index is 3.88. The first kappa shape index (κ1) is 8.15. The smallest absolute Gasteiger partial charge is 0.0517 e. The summed E-state index contributed by atoms with van der Waals surface area (Å²) in [4.78, 5) is 4.32. The SMILES string of the molecule is C/N=C\C(Br)C(C)C. The molecule has 0 heterocycles. The molecule has 0 fully saturated rings. The van der Waals surface area contributed by atoms with Gasteiger partial charge in [0.05, 0.1) is 4.83 Å². The summed E-state index contributed by atoms with van der Waals surface area (Å²) in [7, 11) is 1.79. The molecule has 0 rings (SSSR count). The molecule has 48 valence electrons. The molecule has 0 radical (unpaired) electrons. The zero-order valence-corrected chi connectivity index (χ0v) is 7.14. The molecule has 0 amide bonds. The molecule has 0 aliphatic heterocycles. The number of hydrogen-bond acceptors (Lipinski definition) is 1. The summed E-state index contributed by atoms with van der Waals surface area (Å²) >= 11 is 3.45. The van der Waals surface area contributed by atoms with Gasteiger partial charge in [-0.25, -0.2) is 0 Å². The van der Waals surface area contributed by atoms with E-state index in [9.17, 15) is 0 Å². The van der Waals surface area contributed by atoms with Crippen molar-refractivity contribution in [1.29, 1.82) is 0 Å². The van der Waals surface area contributed by atoms with E-state index in [0.29, 0.717) is 10.7 Å². The van der Waals surface area contributed by atoms with Crippen LogP contribution in [0.15, 0.2) is 4.99 Å². The van der Waals surface area contributed by atoms with Crippen LogP contribution in [-0.2, 0) is 0 Å². The highest BCUT2D eigenvalue weighted by atomic mass is 79.9. The van der Waals surface area contributed by atoms with Crippen molar-refractivity contribution in [2.45, 2.75) is 18.7 Å². The van der Waals surface area contributed by atoms with Crippen LogP contribution in [0.3, 0.4) is 0 Å². The van der Waals surface area contributed by atoms with Crippen LogP contribution in [0.5, 0.6) is 0 Å². The Morgan fingerprint density at radius 2 is 2.00 bits per heavy atom. The van der Waals surface area contributed by atoms with Crippen molar-refractivity contribution in [3.05, 3.63) is 0 Å². The average Bonchev–Trinajstić information content (AvgIpc) is 1.67. The molecule has 1 atom stereocenters. The van der Waals surface area contributed by atoms with E-state index in [1.54, 1.807) is 7.05 Å². The number of aliphatic imine (C=N–C) groups is 1. The zero-order valence-electron chi connectivity index (χ0n) is 5.56. The number of alkyl halides is 1. The fourth-order valence-electron chi connectivity index (χ4n) is 0.315.